The molecule has 1 aliphatic heterocycles. The first kappa shape index (κ1) is 12.4. The van der Waals surface area contributed by atoms with Crippen molar-refractivity contribution in [3.05, 3.63) is 29.8 Å². The van der Waals surface area contributed by atoms with Gasteiger partial charge in [-0.3, -0.25) is 0 Å². The second kappa shape index (κ2) is 4.17. The molecule has 18 heavy (non-hydrogen) atoms. The van der Waals surface area contributed by atoms with Crippen LogP contribution < -0.4 is 10.1 Å². The molecule has 1 N–H and O–H groups in total. The van der Waals surface area contributed by atoms with Crippen molar-refractivity contribution in [3.8, 4) is 5.75 Å². The number of benzene rings is 1. The SMILES string of the molecule is CSC1(CNC2c3ccccc3OC2(C)C)CC1. The van der Waals surface area contributed by atoms with Gasteiger partial charge >= 0.3 is 0 Å². The number of hydrogen-bond acceptors (Lipinski definition) is 3. The molecule has 0 bridgehead atoms. The van der Waals surface area contributed by atoms with E-state index in [1.54, 1.807) is 0 Å². The smallest absolute Gasteiger partial charge is 0.125 e. The first-order chi connectivity index (χ1) is 8.56. The van der Waals surface area contributed by atoms with Crippen LogP contribution in [-0.4, -0.2) is 23.1 Å². The Morgan fingerprint density at radius 2 is 2.06 bits per heavy atom. The summed E-state index contributed by atoms with van der Waals surface area (Å²) in [5.74, 6) is 1.04. The molecule has 0 radical (unpaired) electrons. The normalized spacial score (nSPS) is 26.5. The van der Waals surface area contributed by atoms with E-state index < -0.39 is 0 Å². The third-order valence-electron chi connectivity index (χ3n) is 4.17. The lowest BCUT2D eigenvalue weighted by Gasteiger charge is -2.28. The summed E-state index contributed by atoms with van der Waals surface area (Å²) in [6.07, 6.45) is 4.91. The van der Waals surface area contributed by atoms with Crippen molar-refractivity contribution in [2.24, 2.45) is 0 Å². The van der Waals surface area contributed by atoms with Crippen LogP contribution in [0.5, 0.6) is 5.75 Å². The Labute approximate surface area is 113 Å². The van der Waals surface area contributed by atoms with Crippen LogP contribution >= 0.6 is 11.8 Å². The molecule has 0 spiro atoms. The lowest BCUT2D eigenvalue weighted by molar-refractivity contribution is 0.0965. The van der Waals surface area contributed by atoms with Crippen LogP contribution in [0.2, 0.25) is 0 Å². The Morgan fingerprint density at radius 3 is 2.72 bits per heavy atom. The molecule has 0 amide bonds. The molecule has 2 nitrogen and oxygen atoms in total. The summed E-state index contributed by atoms with van der Waals surface area (Å²) < 4.78 is 6.55. The third-order valence-corrected chi connectivity index (χ3v) is 5.59. The Bertz CT molecular complexity index is 454. The van der Waals surface area contributed by atoms with Gasteiger partial charge in [-0.1, -0.05) is 18.2 Å². The van der Waals surface area contributed by atoms with E-state index in [2.05, 4.69) is 43.6 Å². The number of fused-ring (bicyclic) bond motifs is 1. The maximum atomic E-state index is 6.06. The molecule has 1 aliphatic carbocycles. The first-order valence-corrected chi connectivity index (χ1v) is 7.85. The monoisotopic (exact) mass is 263 g/mol. The number of rotatable bonds is 4. The Hall–Kier alpha value is -0.670. The molecule has 1 atom stereocenters. The molecule has 1 aromatic carbocycles. The van der Waals surface area contributed by atoms with Crippen molar-refractivity contribution in [2.45, 2.75) is 43.1 Å². The first-order valence-electron chi connectivity index (χ1n) is 6.63. The molecular weight excluding hydrogens is 242 g/mol. The lowest BCUT2D eigenvalue weighted by atomic mass is 9.94. The summed E-state index contributed by atoms with van der Waals surface area (Å²) in [6.45, 7) is 5.42. The van der Waals surface area contributed by atoms with Gasteiger partial charge in [0.1, 0.15) is 11.4 Å². The molecule has 1 heterocycles. The van der Waals surface area contributed by atoms with Crippen LogP contribution in [0.4, 0.5) is 0 Å². The highest BCUT2D eigenvalue weighted by Crippen LogP contribution is 2.48. The van der Waals surface area contributed by atoms with E-state index in [4.69, 9.17) is 4.74 Å². The minimum absolute atomic E-state index is 0.155. The van der Waals surface area contributed by atoms with E-state index >= 15 is 0 Å². The van der Waals surface area contributed by atoms with Gasteiger partial charge in [0.25, 0.3) is 0 Å². The summed E-state index contributed by atoms with van der Waals surface area (Å²) in [6, 6.07) is 8.69. The predicted molar refractivity (Wildman–Crippen MR) is 77.4 cm³/mol. The summed E-state index contributed by atoms with van der Waals surface area (Å²) in [5.41, 5.74) is 1.15. The predicted octanol–water partition coefficient (Wildman–Crippen LogP) is 3.38. The highest BCUT2D eigenvalue weighted by molar-refractivity contribution is 8.00. The Kier molecular flexibility index (Phi) is 2.87. The van der Waals surface area contributed by atoms with Gasteiger partial charge in [0, 0.05) is 16.9 Å². The van der Waals surface area contributed by atoms with E-state index in [-0.39, 0.29) is 5.60 Å². The standard InChI is InChI=1S/C15H21NOS/c1-14(2)13(16-10-15(18-3)8-9-15)11-6-4-5-7-12(11)17-14/h4-7,13,16H,8-10H2,1-3H3. The van der Waals surface area contributed by atoms with Crippen molar-refractivity contribution in [1.82, 2.24) is 5.32 Å². The van der Waals surface area contributed by atoms with Crippen LogP contribution in [0.1, 0.15) is 38.3 Å². The zero-order chi connectivity index (χ0) is 12.8. The van der Waals surface area contributed by atoms with E-state index in [0.29, 0.717) is 10.8 Å². The number of hydrogen-bond donors (Lipinski definition) is 1. The van der Waals surface area contributed by atoms with Crippen molar-refractivity contribution < 1.29 is 4.74 Å². The Balaban J connectivity index is 1.77. The van der Waals surface area contributed by atoms with Gasteiger partial charge in [0.2, 0.25) is 0 Å². The van der Waals surface area contributed by atoms with Gasteiger partial charge in [-0.05, 0) is 39.0 Å². The molecule has 3 rings (SSSR count). The van der Waals surface area contributed by atoms with Gasteiger partial charge in [0.05, 0.1) is 6.04 Å². The van der Waals surface area contributed by atoms with Gasteiger partial charge in [-0.2, -0.15) is 11.8 Å². The fourth-order valence-electron chi connectivity index (χ4n) is 2.77. The van der Waals surface area contributed by atoms with Crippen LogP contribution in [0, 0.1) is 0 Å². The number of ether oxygens (including phenoxy) is 1. The number of nitrogens with one attached hydrogen (secondary N) is 1. The summed E-state index contributed by atoms with van der Waals surface area (Å²) in [7, 11) is 0. The van der Waals surface area contributed by atoms with Crippen LogP contribution in [0.25, 0.3) is 0 Å². The fourth-order valence-corrected chi connectivity index (χ4v) is 3.50. The molecular formula is C15H21NOS. The zero-order valence-electron chi connectivity index (χ0n) is 11.3. The minimum Gasteiger partial charge on any atom is -0.486 e. The minimum atomic E-state index is -0.155. The zero-order valence-corrected chi connectivity index (χ0v) is 12.1. The lowest BCUT2D eigenvalue weighted by Crippen LogP contribution is -2.41. The molecule has 0 saturated heterocycles. The van der Waals surface area contributed by atoms with Gasteiger partial charge in [-0.25, -0.2) is 0 Å². The van der Waals surface area contributed by atoms with Gasteiger partial charge in [-0.15, -0.1) is 0 Å². The molecule has 98 valence electrons. The molecule has 0 aromatic heterocycles. The fraction of sp³-hybridized carbons (Fsp3) is 0.600. The molecule has 2 aliphatic rings. The van der Waals surface area contributed by atoms with Crippen LogP contribution in [0.3, 0.4) is 0 Å². The van der Waals surface area contributed by atoms with Crippen molar-refractivity contribution in [2.75, 3.05) is 12.8 Å². The maximum absolute atomic E-state index is 6.06. The summed E-state index contributed by atoms with van der Waals surface area (Å²) in [4.78, 5) is 0. The largest absolute Gasteiger partial charge is 0.486 e. The summed E-state index contributed by atoms with van der Waals surface area (Å²) in [5, 5.41) is 3.74. The average Bonchev–Trinajstić information content (AvgIpc) is 3.06. The topological polar surface area (TPSA) is 21.3 Å². The maximum Gasteiger partial charge on any atom is 0.125 e. The molecule has 1 fully saturated rings. The van der Waals surface area contributed by atoms with E-state index in [9.17, 15) is 0 Å². The second-order valence-corrected chi connectivity index (χ2v) is 7.22. The van der Waals surface area contributed by atoms with Crippen LogP contribution in [0.15, 0.2) is 24.3 Å². The molecule has 1 aromatic rings. The van der Waals surface area contributed by atoms with Crippen LogP contribution in [-0.2, 0) is 0 Å². The van der Waals surface area contributed by atoms with Crippen molar-refractivity contribution in [3.63, 3.8) is 0 Å². The van der Waals surface area contributed by atoms with Crippen molar-refractivity contribution in [1.29, 1.82) is 0 Å². The van der Waals surface area contributed by atoms with Crippen molar-refractivity contribution >= 4 is 11.8 Å². The van der Waals surface area contributed by atoms with E-state index in [0.717, 1.165) is 12.3 Å². The van der Waals surface area contributed by atoms with Gasteiger partial charge < -0.3 is 10.1 Å². The number of thioether (sulfide) groups is 1. The summed E-state index contributed by atoms with van der Waals surface area (Å²) >= 11 is 2.00. The highest BCUT2D eigenvalue weighted by atomic mass is 32.2. The number of para-hydroxylation sites is 1. The molecule has 3 heteroatoms. The van der Waals surface area contributed by atoms with Gasteiger partial charge in [0.15, 0.2) is 0 Å². The average molecular weight is 263 g/mol. The van der Waals surface area contributed by atoms with E-state index in [1.165, 1.54) is 18.4 Å². The molecule has 1 saturated carbocycles. The van der Waals surface area contributed by atoms with E-state index in [1.807, 2.05) is 17.8 Å². The Morgan fingerprint density at radius 1 is 1.33 bits per heavy atom. The highest BCUT2D eigenvalue weighted by Gasteiger charge is 2.45. The third kappa shape index (κ3) is 2.04. The molecule has 1 unspecified atom stereocenters. The quantitative estimate of drug-likeness (QED) is 0.900. The second-order valence-electron chi connectivity index (χ2n) is 5.94.